The molecule has 1 heterocycles. The number of hydroxylamine groups is 2. The number of rotatable bonds is 2. The molecule has 0 radical (unpaired) electrons. The van der Waals surface area contributed by atoms with Gasteiger partial charge in [-0.3, -0.25) is 14.4 Å². The van der Waals surface area contributed by atoms with Gasteiger partial charge in [0, 0.05) is 12.8 Å². The standard InChI is InChI=1S/C9H10F3NO5/c1-8(2,9(10,11)12)17-7(16)18-13-5(14)3-4-6(13)15/h3-4H2,1-2H3. The summed E-state index contributed by atoms with van der Waals surface area (Å²) >= 11 is 0. The highest BCUT2D eigenvalue weighted by molar-refractivity contribution is 6.01. The number of hydrogen-bond acceptors (Lipinski definition) is 5. The summed E-state index contributed by atoms with van der Waals surface area (Å²) in [7, 11) is 0. The summed E-state index contributed by atoms with van der Waals surface area (Å²) in [6, 6.07) is 0. The predicted molar refractivity (Wildman–Crippen MR) is 48.8 cm³/mol. The summed E-state index contributed by atoms with van der Waals surface area (Å²) in [6.07, 6.45) is -6.88. The number of amides is 2. The van der Waals surface area contributed by atoms with E-state index in [2.05, 4.69) is 9.57 Å². The van der Waals surface area contributed by atoms with Crippen molar-refractivity contribution in [2.45, 2.75) is 38.5 Å². The van der Waals surface area contributed by atoms with Gasteiger partial charge in [-0.1, -0.05) is 5.06 Å². The maximum absolute atomic E-state index is 12.4. The van der Waals surface area contributed by atoms with Crippen molar-refractivity contribution in [3.63, 3.8) is 0 Å². The molecule has 2 amide bonds. The predicted octanol–water partition coefficient (Wildman–Crippen LogP) is 1.54. The van der Waals surface area contributed by atoms with E-state index >= 15 is 0 Å². The van der Waals surface area contributed by atoms with E-state index < -0.39 is 29.7 Å². The third kappa shape index (κ3) is 2.90. The third-order valence-electron chi connectivity index (χ3n) is 2.19. The Labute approximate surface area is 99.6 Å². The summed E-state index contributed by atoms with van der Waals surface area (Å²) in [5, 5.41) is 0.106. The van der Waals surface area contributed by atoms with E-state index in [0.717, 1.165) is 0 Å². The van der Waals surface area contributed by atoms with Gasteiger partial charge in [0.25, 0.3) is 11.8 Å². The number of halogens is 3. The highest BCUT2D eigenvalue weighted by atomic mass is 19.4. The number of carbonyl (C=O) groups is 3. The number of imide groups is 1. The van der Waals surface area contributed by atoms with Gasteiger partial charge in [0.15, 0.2) is 0 Å². The van der Waals surface area contributed by atoms with E-state index in [-0.39, 0.29) is 17.9 Å². The third-order valence-corrected chi connectivity index (χ3v) is 2.19. The monoisotopic (exact) mass is 269 g/mol. The molecular weight excluding hydrogens is 259 g/mol. The second-order valence-electron chi connectivity index (χ2n) is 4.03. The van der Waals surface area contributed by atoms with Gasteiger partial charge in [0.2, 0.25) is 5.60 Å². The first-order valence-corrected chi connectivity index (χ1v) is 4.88. The zero-order chi connectivity index (χ0) is 14.1. The van der Waals surface area contributed by atoms with Crippen LogP contribution in [0.2, 0.25) is 0 Å². The average Bonchev–Trinajstić information content (AvgIpc) is 2.46. The van der Waals surface area contributed by atoms with E-state index in [4.69, 9.17) is 0 Å². The molecule has 0 bridgehead atoms. The lowest BCUT2D eigenvalue weighted by molar-refractivity contribution is -0.256. The maximum atomic E-state index is 12.4. The zero-order valence-electron chi connectivity index (χ0n) is 9.54. The minimum absolute atomic E-state index is 0.106. The minimum Gasteiger partial charge on any atom is -0.417 e. The first kappa shape index (κ1) is 14.3. The molecule has 0 aliphatic carbocycles. The minimum atomic E-state index is -4.80. The zero-order valence-corrected chi connectivity index (χ0v) is 9.54. The van der Waals surface area contributed by atoms with Gasteiger partial charge in [-0.15, -0.1) is 0 Å². The van der Waals surface area contributed by atoms with E-state index in [1.54, 1.807) is 0 Å². The molecule has 1 fully saturated rings. The van der Waals surface area contributed by atoms with Crippen molar-refractivity contribution in [1.82, 2.24) is 5.06 Å². The summed E-state index contributed by atoms with van der Waals surface area (Å²) in [4.78, 5) is 37.3. The molecule has 0 aromatic carbocycles. The molecule has 1 aliphatic heterocycles. The SMILES string of the molecule is CC(C)(OC(=O)ON1C(=O)CCC1=O)C(F)(F)F. The number of carbonyl (C=O) groups excluding carboxylic acids is 3. The van der Waals surface area contributed by atoms with E-state index in [9.17, 15) is 27.6 Å². The lowest BCUT2D eigenvalue weighted by atomic mass is 10.1. The Hall–Kier alpha value is -1.80. The Bertz CT molecular complexity index is 374. The molecule has 1 saturated heterocycles. The molecule has 0 aromatic heterocycles. The molecule has 1 rings (SSSR count). The van der Waals surface area contributed by atoms with Crippen molar-refractivity contribution >= 4 is 18.0 Å². The highest BCUT2D eigenvalue weighted by Gasteiger charge is 2.51. The molecule has 0 spiro atoms. The molecule has 0 unspecified atom stereocenters. The molecule has 18 heavy (non-hydrogen) atoms. The molecule has 0 atom stereocenters. The fourth-order valence-electron chi connectivity index (χ4n) is 1.02. The number of alkyl halides is 3. The largest absolute Gasteiger partial charge is 0.534 e. The molecule has 102 valence electrons. The second-order valence-corrected chi connectivity index (χ2v) is 4.03. The fraction of sp³-hybridized carbons (Fsp3) is 0.667. The van der Waals surface area contributed by atoms with Crippen LogP contribution in [0.15, 0.2) is 0 Å². The van der Waals surface area contributed by atoms with Crippen molar-refractivity contribution in [1.29, 1.82) is 0 Å². The number of ether oxygens (including phenoxy) is 1. The summed E-state index contributed by atoms with van der Waals surface area (Å²) in [6.45, 7) is 1.23. The number of nitrogens with zero attached hydrogens (tertiary/aromatic N) is 1. The molecular formula is C9H10F3NO5. The normalized spacial score (nSPS) is 17.1. The lowest BCUT2D eigenvalue weighted by Gasteiger charge is -2.27. The van der Waals surface area contributed by atoms with Gasteiger partial charge in [-0.05, 0) is 13.8 Å². The Balaban J connectivity index is 2.63. The molecule has 6 nitrogen and oxygen atoms in total. The first-order valence-electron chi connectivity index (χ1n) is 4.88. The Morgan fingerprint density at radius 1 is 1.17 bits per heavy atom. The summed E-state index contributed by atoms with van der Waals surface area (Å²) < 4.78 is 41.2. The van der Waals surface area contributed by atoms with E-state index in [1.807, 2.05) is 0 Å². The quantitative estimate of drug-likeness (QED) is 0.561. The van der Waals surface area contributed by atoms with Crippen LogP contribution in [0, 0.1) is 0 Å². The lowest BCUT2D eigenvalue weighted by Crippen LogP contribution is -2.45. The number of hydrogen-bond donors (Lipinski definition) is 0. The van der Waals surface area contributed by atoms with Crippen molar-refractivity contribution in [3.8, 4) is 0 Å². The van der Waals surface area contributed by atoms with Gasteiger partial charge < -0.3 is 4.74 Å². The van der Waals surface area contributed by atoms with Gasteiger partial charge >= 0.3 is 12.3 Å². The van der Waals surface area contributed by atoms with Crippen LogP contribution in [0.3, 0.4) is 0 Å². The van der Waals surface area contributed by atoms with E-state index in [1.165, 1.54) is 0 Å². The summed E-state index contributed by atoms with van der Waals surface area (Å²) in [5.74, 6) is -1.61. The second kappa shape index (κ2) is 4.46. The molecule has 1 aliphatic rings. The Morgan fingerprint density at radius 2 is 1.61 bits per heavy atom. The van der Waals surface area contributed by atoms with Crippen LogP contribution in [0.4, 0.5) is 18.0 Å². The van der Waals surface area contributed by atoms with Crippen molar-refractivity contribution in [2.24, 2.45) is 0 Å². The molecule has 0 saturated carbocycles. The average molecular weight is 269 g/mol. The summed E-state index contributed by atoms with van der Waals surface area (Å²) in [5.41, 5.74) is -2.78. The van der Waals surface area contributed by atoms with Crippen molar-refractivity contribution in [2.75, 3.05) is 0 Å². The maximum Gasteiger partial charge on any atom is 0.534 e. The molecule has 9 heteroatoms. The van der Waals surface area contributed by atoms with Crippen LogP contribution >= 0.6 is 0 Å². The van der Waals surface area contributed by atoms with Crippen LogP contribution in [0.25, 0.3) is 0 Å². The van der Waals surface area contributed by atoms with Crippen LogP contribution < -0.4 is 0 Å². The topological polar surface area (TPSA) is 72.9 Å². The van der Waals surface area contributed by atoms with E-state index in [0.29, 0.717) is 13.8 Å². The van der Waals surface area contributed by atoms with Gasteiger partial charge in [0.1, 0.15) is 0 Å². The van der Waals surface area contributed by atoms with Gasteiger partial charge in [-0.2, -0.15) is 13.2 Å². The van der Waals surface area contributed by atoms with Gasteiger partial charge in [0.05, 0.1) is 0 Å². The molecule has 0 N–H and O–H groups in total. The highest BCUT2D eigenvalue weighted by Crippen LogP contribution is 2.33. The fourth-order valence-corrected chi connectivity index (χ4v) is 1.02. The van der Waals surface area contributed by atoms with Crippen molar-refractivity contribution < 1.29 is 37.1 Å². The van der Waals surface area contributed by atoms with Gasteiger partial charge in [-0.25, -0.2) is 4.79 Å². The molecule has 0 aromatic rings. The van der Waals surface area contributed by atoms with Crippen molar-refractivity contribution in [3.05, 3.63) is 0 Å². The Kier molecular flexibility index (Phi) is 3.54. The van der Waals surface area contributed by atoms with Crippen LogP contribution in [-0.2, 0) is 19.2 Å². The smallest absolute Gasteiger partial charge is 0.417 e. The van der Waals surface area contributed by atoms with Crippen LogP contribution in [0.5, 0.6) is 0 Å². The first-order chi connectivity index (χ1) is 8.04. The Morgan fingerprint density at radius 3 is 2.00 bits per heavy atom. The van der Waals surface area contributed by atoms with Crippen LogP contribution in [-0.4, -0.2) is 34.8 Å². The van der Waals surface area contributed by atoms with Crippen LogP contribution in [0.1, 0.15) is 26.7 Å².